The second-order valence-electron chi connectivity index (χ2n) is 4.89. The highest BCUT2D eigenvalue weighted by molar-refractivity contribution is 5.89. The molecule has 0 saturated carbocycles. The van der Waals surface area contributed by atoms with Crippen molar-refractivity contribution in [2.24, 2.45) is 0 Å². The summed E-state index contributed by atoms with van der Waals surface area (Å²) in [5.41, 5.74) is 0.571. The van der Waals surface area contributed by atoms with Gasteiger partial charge in [0.1, 0.15) is 5.75 Å². The zero-order chi connectivity index (χ0) is 15.5. The van der Waals surface area contributed by atoms with Crippen molar-refractivity contribution in [2.45, 2.75) is 33.6 Å². The normalized spacial score (nSPS) is 10.2. The third-order valence-corrected chi connectivity index (χ3v) is 3.31. The van der Waals surface area contributed by atoms with Crippen molar-refractivity contribution in [3.63, 3.8) is 0 Å². The zero-order valence-corrected chi connectivity index (χ0v) is 14.7. The van der Waals surface area contributed by atoms with Gasteiger partial charge in [-0.1, -0.05) is 20.8 Å². The molecule has 0 N–H and O–H groups in total. The Morgan fingerprint density at radius 2 is 1.68 bits per heavy atom. The molecule has 22 heavy (non-hydrogen) atoms. The van der Waals surface area contributed by atoms with Crippen molar-refractivity contribution in [3.8, 4) is 5.75 Å². The molecule has 0 saturated heterocycles. The molecule has 0 aliphatic carbocycles. The summed E-state index contributed by atoms with van der Waals surface area (Å²) >= 11 is 0. The Morgan fingerprint density at radius 1 is 1.05 bits per heavy atom. The molecule has 0 aromatic heterocycles. The van der Waals surface area contributed by atoms with E-state index in [1.807, 2.05) is 12.1 Å². The lowest BCUT2D eigenvalue weighted by Crippen LogP contribution is -2.25. The molecule has 0 amide bonds. The number of ether oxygens (including phenoxy) is 2. The Bertz CT molecular complexity index is 405. The average molecular weight is 330 g/mol. The van der Waals surface area contributed by atoms with Crippen LogP contribution in [0.5, 0.6) is 5.75 Å². The molecule has 0 aliphatic heterocycles. The van der Waals surface area contributed by atoms with Crippen LogP contribution in [-0.2, 0) is 4.74 Å². The van der Waals surface area contributed by atoms with Crippen molar-refractivity contribution in [1.29, 1.82) is 0 Å². The molecular formula is C17H28ClNO3. The van der Waals surface area contributed by atoms with Crippen LogP contribution in [0.4, 0.5) is 0 Å². The molecule has 0 aliphatic rings. The predicted molar refractivity (Wildman–Crippen MR) is 92.2 cm³/mol. The van der Waals surface area contributed by atoms with Crippen molar-refractivity contribution in [2.75, 3.05) is 32.8 Å². The van der Waals surface area contributed by atoms with Gasteiger partial charge in [0.15, 0.2) is 0 Å². The number of nitrogens with zero attached hydrogens (tertiary/aromatic N) is 1. The summed E-state index contributed by atoms with van der Waals surface area (Å²) in [5, 5.41) is 0. The number of halogens is 1. The molecule has 0 unspecified atom stereocenters. The van der Waals surface area contributed by atoms with E-state index in [4.69, 9.17) is 9.47 Å². The molecule has 0 fully saturated rings. The van der Waals surface area contributed by atoms with Crippen LogP contribution in [0.25, 0.3) is 0 Å². The Labute approximate surface area is 140 Å². The predicted octanol–water partition coefficient (Wildman–Crippen LogP) is 3.79. The fraction of sp³-hybridized carbons (Fsp3) is 0.588. The van der Waals surface area contributed by atoms with E-state index in [-0.39, 0.29) is 18.4 Å². The first kappa shape index (κ1) is 20.7. The Kier molecular flexibility index (Phi) is 11.6. The van der Waals surface area contributed by atoms with Gasteiger partial charge in [0, 0.05) is 6.54 Å². The summed E-state index contributed by atoms with van der Waals surface area (Å²) in [6.45, 7) is 10.5. The number of carbonyl (C=O) groups is 1. The minimum Gasteiger partial charge on any atom is -0.494 e. The number of hydrogen-bond acceptors (Lipinski definition) is 4. The van der Waals surface area contributed by atoms with E-state index < -0.39 is 0 Å². The molecule has 1 rings (SSSR count). The van der Waals surface area contributed by atoms with Gasteiger partial charge in [-0.15, -0.1) is 12.4 Å². The fourth-order valence-corrected chi connectivity index (χ4v) is 1.98. The van der Waals surface area contributed by atoms with E-state index >= 15 is 0 Å². The highest BCUT2D eigenvalue weighted by atomic mass is 35.5. The monoisotopic (exact) mass is 329 g/mol. The summed E-state index contributed by atoms with van der Waals surface area (Å²) in [6.07, 6.45) is 1.83. The van der Waals surface area contributed by atoms with Crippen molar-refractivity contribution < 1.29 is 14.3 Å². The summed E-state index contributed by atoms with van der Waals surface area (Å²) in [7, 11) is 0. The lowest BCUT2D eigenvalue weighted by molar-refractivity contribution is 0.0489. The highest BCUT2D eigenvalue weighted by Crippen LogP contribution is 2.13. The number of esters is 1. The third-order valence-electron chi connectivity index (χ3n) is 3.31. The standard InChI is InChI=1S/C17H27NO3.ClH/c1-4-13-20-16-10-8-15(9-11-16)17(19)21-14-7-12-18(5-2)6-3;/h8-11H,4-7,12-14H2,1-3H3;1H. The molecule has 1 aromatic rings. The summed E-state index contributed by atoms with van der Waals surface area (Å²) in [5.74, 6) is 0.520. The maximum Gasteiger partial charge on any atom is 0.338 e. The molecule has 0 atom stereocenters. The van der Waals surface area contributed by atoms with Crippen molar-refractivity contribution >= 4 is 18.4 Å². The highest BCUT2D eigenvalue weighted by Gasteiger charge is 2.07. The van der Waals surface area contributed by atoms with Crippen LogP contribution in [0.15, 0.2) is 24.3 Å². The molecule has 126 valence electrons. The van der Waals surface area contributed by atoms with Crippen LogP contribution >= 0.6 is 12.4 Å². The van der Waals surface area contributed by atoms with E-state index in [2.05, 4.69) is 25.7 Å². The minimum absolute atomic E-state index is 0. The quantitative estimate of drug-likeness (QED) is 0.483. The van der Waals surface area contributed by atoms with E-state index in [9.17, 15) is 4.79 Å². The van der Waals surface area contributed by atoms with Gasteiger partial charge >= 0.3 is 5.97 Å². The van der Waals surface area contributed by atoms with E-state index in [0.717, 1.165) is 38.2 Å². The largest absolute Gasteiger partial charge is 0.494 e. The first-order valence-corrected chi connectivity index (χ1v) is 7.83. The van der Waals surface area contributed by atoms with Gasteiger partial charge < -0.3 is 14.4 Å². The summed E-state index contributed by atoms with van der Waals surface area (Å²) in [4.78, 5) is 14.2. The summed E-state index contributed by atoms with van der Waals surface area (Å²) < 4.78 is 10.8. The molecule has 0 heterocycles. The second-order valence-corrected chi connectivity index (χ2v) is 4.89. The van der Waals surface area contributed by atoms with Gasteiger partial charge in [-0.25, -0.2) is 4.79 Å². The van der Waals surface area contributed by atoms with Gasteiger partial charge in [-0.05, 0) is 50.2 Å². The Morgan fingerprint density at radius 3 is 2.23 bits per heavy atom. The maximum absolute atomic E-state index is 11.9. The van der Waals surface area contributed by atoms with Gasteiger partial charge in [0.2, 0.25) is 0 Å². The van der Waals surface area contributed by atoms with Gasteiger partial charge in [-0.3, -0.25) is 0 Å². The lowest BCUT2D eigenvalue weighted by atomic mass is 10.2. The van der Waals surface area contributed by atoms with Crippen LogP contribution in [0.2, 0.25) is 0 Å². The average Bonchev–Trinajstić information content (AvgIpc) is 2.53. The first-order chi connectivity index (χ1) is 10.2. The molecule has 0 bridgehead atoms. The Hall–Kier alpha value is -1.26. The number of benzene rings is 1. The minimum atomic E-state index is -0.267. The topological polar surface area (TPSA) is 38.8 Å². The molecule has 5 heteroatoms. The number of rotatable bonds is 10. The number of carbonyl (C=O) groups excluding carboxylic acids is 1. The van der Waals surface area contributed by atoms with Crippen LogP contribution in [0, 0.1) is 0 Å². The van der Waals surface area contributed by atoms with E-state index in [0.29, 0.717) is 18.8 Å². The third kappa shape index (κ3) is 7.66. The fourth-order valence-electron chi connectivity index (χ4n) is 1.98. The SMILES string of the molecule is CCCOc1ccc(C(=O)OCCCN(CC)CC)cc1.Cl. The molecule has 0 spiro atoms. The molecule has 4 nitrogen and oxygen atoms in total. The van der Waals surface area contributed by atoms with Crippen molar-refractivity contribution in [1.82, 2.24) is 4.90 Å². The smallest absolute Gasteiger partial charge is 0.338 e. The molecular weight excluding hydrogens is 302 g/mol. The second kappa shape index (κ2) is 12.3. The molecule has 1 aromatic carbocycles. The summed E-state index contributed by atoms with van der Waals surface area (Å²) in [6, 6.07) is 7.11. The molecule has 0 radical (unpaired) electrons. The van der Waals surface area contributed by atoms with Gasteiger partial charge in [0.25, 0.3) is 0 Å². The zero-order valence-electron chi connectivity index (χ0n) is 13.8. The lowest BCUT2D eigenvalue weighted by Gasteiger charge is -2.17. The van der Waals surface area contributed by atoms with Crippen LogP contribution in [0.1, 0.15) is 44.0 Å². The van der Waals surface area contributed by atoms with Crippen LogP contribution < -0.4 is 4.74 Å². The number of hydrogen-bond donors (Lipinski definition) is 0. The Balaban J connectivity index is 0.00000441. The maximum atomic E-state index is 11.9. The van der Waals surface area contributed by atoms with E-state index in [1.165, 1.54) is 0 Å². The first-order valence-electron chi connectivity index (χ1n) is 7.83. The van der Waals surface area contributed by atoms with Crippen LogP contribution in [0.3, 0.4) is 0 Å². The van der Waals surface area contributed by atoms with Gasteiger partial charge in [0.05, 0.1) is 18.8 Å². The van der Waals surface area contributed by atoms with Crippen LogP contribution in [-0.4, -0.2) is 43.7 Å². The van der Waals surface area contributed by atoms with Gasteiger partial charge in [-0.2, -0.15) is 0 Å². The van der Waals surface area contributed by atoms with E-state index in [1.54, 1.807) is 12.1 Å². The van der Waals surface area contributed by atoms with Crippen molar-refractivity contribution in [3.05, 3.63) is 29.8 Å².